The summed E-state index contributed by atoms with van der Waals surface area (Å²) in [6.07, 6.45) is 0. The molecule has 0 saturated carbocycles. The van der Waals surface area contributed by atoms with E-state index in [9.17, 15) is 0 Å². The fourth-order valence-corrected chi connectivity index (χ4v) is 1.84. The van der Waals surface area contributed by atoms with Crippen molar-refractivity contribution in [1.82, 2.24) is 0 Å². The molecule has 60 valence electrons. The van der Waals surface area contributed by atoms with E-state index in [-0.39, 0.29) is 0 Å². The van der Waals surface area contributed by atoms with Crippen LogP contribution in [-0.4, -0.2) is 0 Å². The smallest absolute Gasteiger partial charge is 0.0282 e. The molecular weight excluding hydrogens is 212 g/mol. The van der Waals surface area contributed by atoms with Gasteiger partial charge in [-0.15, -0.1) is 0 Å². The van der Waals surface area contributed by atoms with Crippen molar-refractivity contribution in [2.45, 2.75) is 6.92 Å². The summed E-state index contributed by atoms with van der Waals surface area (Å²) in [5, 5.41) is 2.58. The van der Waals surface area contributed by atoms with Crippen molar-refractivity contribution >= 4 is 26.7 Å². The molecule has 0 aliphatic rings. The first kappa shape index (κ1) is 7.81. The van der Waals surface area contributed by atoms with E-state index in [4.69, 9.17) is 0 Å². The van der Waals surface area contributed by atoms with E-state index >= 15 is 0 Å². The summed E-state index contributed by atoms with van der Waals surface area (Å²) in [4.78, 5) is 0. The van der Waals surface area contributed by atoms with E-state index in [2.05, 4.69) is 59.3 Å². The maximum Gasteiger partial charge on any atom is 0.0282 e. The molecule has 2 aromatic carbocycles. The molecule has 0 atom stereocenters. The molecule has 0 N–H and O–H groups in total. The fraction of sp³-hybridized carbons (Fsp3) is 0.0909. The van der Waals surface area contributed by atoms with Gasteiger partial charge in [0.2, 0.25) is 0 Å². The van der Waals surface area contributed by atoms with Gasteiger partial charge in [-0.3, -0.25) is 0 Å². The summed E-state index contributed by atoms with van der Waals surface area (Å²) >= 11 is 3.58. The third kappa shape index (κ3) is 1.14. The first-order valence-electron chi connectivity index (χ1n) is 3.93. The third-order valence-corrected chi connectivity index (χ3v) is 3.11. The minimum atomic E-state index is 1.21. The average Bonchev–Trinajstić information content (AvgIpc) is 2.12. The summed E-state index contributed by atoms with van der Waals surface area (Å²) in [6.45, 7) is 2.11. The fourth-order valence-electron chi connectivity index (χ4n) is 1.34. The van der Waals surface area contributed by atoms with Crippen LogP contribution in [0, 0.1) is 6.92 Å². The molecule has 0 amide bonds. The molecule has 0 bridgehead atoms. The predicted octanol–water partition coefficient (Wildman–Crippen LogP) is 3.91. The molecule has 2 aromatic rings. The van der Waals surface area contributed by atoms with E-state index < -0.39 is 0 Å². The Bertz CT molecular complexity index is 418. The lowest BCUT2D eigenvalue weighted by Crippen LogP contribution is -1.78. The van der Waals surface area contributed by atoms with Gasteiger partial charge in [0, 0.05) is 4.47 Å². The van der Waals surface area contributed by atoms with Gasteiger partial charge in [-0.1, -0.05) is 36.4 Å². The highest BCUT2D eigenvalue weighted by Crippen LogP contribution is 2.26. The molecule has 0 nitrogen and oxygen atoms in total. The van der Waals surface area contributed by atoms with Crippen LogP contribution in [0.15, 0.2) is 40.9 Å². The molecule has 0 aliphatic heterocycles. The van der Waals surface area contributed by atoms with E-state index in [0.717, 1.165) is 0 Å². The summed E-state index contributed by atoms with van der Waals surface area (Å²) in [5.41, 5.74) is 1.29. The maximum atomic E-state index is 3.58. The highest BCUT2D eigenvalue weighted by molar-refractivity contribution is 9.10. The lowest BCUT2D eigenvalue weighted by Gasteiger charge is -2.02. The Labute approximate surface area is 80.3 Å². The first-order valence-corrected chi connectivity index (χ1v) is 4.72. The van der Waals surface area contributed by atoms with Crippen molar-refractivity contribution in [2.24, 2.45) is 0 Å². The van der Waals surface area contributed by atoms with Gasteiger partial charge in [-0.05, 0) is 39.2 Å². The molecule has 0 aliphatic carbocycles. The molecule has 0 aromatic heterocycles. The second-order valence-electron chi connectivity index (χ2n) is 2.92. The monoisotopic (exact) mass is 220 g/mol. The van der Waals surface area contributed by atoms with Crippen LogP contribution in [0.2, 0.25) is 0 Å². The summed E-state index contributed by atoms with van der Waals surface area (Å²) in [6, 6.07) is 12.7. The second-order valence-corrected chi connectivity index (χ2v) is 3.71. The summed E-state index contributed by atoms with van der Waals surface area (Å²) < 4.78 is 1.21. The number of benzene rings is 2. The Hall–Kier alpha value is -0.820. The number of hydrogen-bond donors (Lipinski definition) is 0. The molecule has 0 fully saturated rings. The van der Waals surface area contributed by atoms with Gasteiger partial charge < -0.3 is 0 Å². The number of halogens is 1. The standard InChI is InChI=1S/C11H9Br/c1-8-6-7-9-4-2-3-5-10(9)11(8)12/h2-7H,1H3. The number of hydrogen-bond acceptors (Lipinski definition) is 0. The van der Waals surface area contributed by atoms with Crippen LogP contribution in [0.5, 0.6) is 0 Å². The molecule has 12 heavy (non-hydrogen) atoms. The van der Waals surface area contributed by atoms with Crippen LogP contribution in [-0.2, 0) is 0 Å². The van der Waals surface area contributed by atoms with Crippen molar-refractivity contribution in [1.29, 1.82) is 0 Å². The van der Waals surface area contributed by atoms with Gasteiger partial charge in [0.05, 0.1) is 0 Å². The molecule has 1 heteroatoms. The zero-order chi connectivity index (χ0) is 8.55. The number of rotatable bonds is 0. The Morgan fingerprint density at radius 3 is 2.58 bits per heavy atom. The summed E-state index contributed by atoms with van der Waals surface area (Å²) in [7, 11) is 0. The van der Waals surface area contributed by atoms with Gasteiger partial charge in [0.1, 0.15) is 0 Å². The minimum absolute atomic E-state index is 1.21. The number of fused-ring (bicyclic) bond motifs is 1. The van der Waals surface area contributed by atoms with Crippen molar-refractivity contribution < 1.29 is 0 Å². The molecule has 0 heterocycles. The van der Waals surface area contributed by atoms with Crippen LogP contribution >= 0.6 is 15.9 Å². The Kier molecular flexibility index (Phi) is 1.89. The zero-order valence-corrected chi connectivity index (χ0v) is 8.43. The van der Waals surface area contributed by atoms with Crippen LogP contribution in [0.3, 0.4) is 0 Å². The topological polar surface area (TPSA) is 0 Å². The van der Waals surface area contributed by atoms with Crippen molar-refractivity contribution in [3.8, 4) is 0 Å². The van der Waals surface area contributed by atoms with Crippen molar-refractivity contribution in [2.75, 3.05) is 0 Å². The highest BCUT2D eigenvalue weighted by Gasteiger charge is 1.98. The quantitative estimate of drug-likeness (QED) is 0.632. The molecule has 2 rings (SSSR count). The van der Waals surface area contributed by atoms with E-state index in [1.165, 1.54) is 20.8 Å². The zero-order valence-electron chi connectivity index (χ0n) is 6.84. The highest BCUT2D eigenvalue weighted by atomic mass is 79.9. The largest absolute Gasteiger partial charge is 0.0616 e. The van der Waals surface area contributed by atoms with Crippen LogP contribution in [0.4, 0.5) is 0 Å². The summed E-state index contributed by atoms with van der Waals surface area (Å²) in [5.74, 6) is 0. The molecule has 0 unspecified atom stereocenters. The normalized spacial score (nSPS) is 10.5. The van der Waals surface area contributed by atoms with E-state index in [1.807, 2.05) is 0 Å². The lowest BCUT2D eigenvalue weighted by atomic mass is 10.1. The lowest BCUT2D eigenvalue weighted by molar-refractivity contribution is 1.47. The minimum Gasteiger partial charge on any atom is -0.0616 e. The van der Waals surface area contributed by atoms with Crippen LogP contribution in [0.1, 0.15) is 5.56 Å². The van der Waals surface area contributed by atoms with Gasteiger partial charge >= 0.3 is 0 Å². The average molecular weight is 221 g/mol. The Balaban J connectivity index is 2.91. The predicted molar refractivity (Wildman–Crippen MR) is 56.4 cm³/mol. The van der Waals surface area contributed by atoms with Crippen LogP contribution in [0.25, 0.3) is 10.8 Å². The van der Waals surface area contributed by atoms with E-state index in [0.29, 0.717) is 0 Å². The van der Waals surface area contributed by atoms with Crippen molar-refractivity contribution in [3.05, 3.63) is 46.4 Å². The van der Waals surface area contributed by atoms with Crippen LogP contribution < -0.4 is 0 Å². The second kappa shape index (κ2) is 2.91. The first-order chi connectivity index (χ1) is 5.79. The Morgan fingerprint density at radius 2 is 1.75 bits per heavy atom. The SMILES string of the molecule is Cc1ccc2ccccc2c1Br. The molecule has 0 radical (unpaired) electrons. The van der Waals surface area contributed by atoms with E-state index in [1.54, 1.807) is 0 Å². The maximum absolute atomic E-state index is 3.58. The molecule has 0 saturated heterocycles. The van der Waals surface area contributed by atoms with Gasteiger partial charge in [0.15, 0.2) is 0 Å². The molecule has 0 spiro atoms. The number of aryl methyl sites for hydroxylation is 1. The van der Waals surface area contributed by atoms with Gasteiger partial charge in [-0.2, -0.15) is 0 Å². The molecular formula is C11H9Br. The van der Waals surface area contributed by atoms with Crippen molar-refractivity contribution in [3.63, 3.8) is 0 Å². The van der Waals surface area contributed by atoms with Gasteiger partial charge in [0.25, 0.3) is 0 Å². The third-order valence-electron chi connectivity index (χ3n) is 2.06. The Morgan fingerprint density at radius 1 is 1.00 bits per heavy atom. The van der Waals surface area contributed by atoms with Gasteiger partial charge in [-0.25, -0.2) is 0 Å².